The lowest BCUT2D eigenvalue weighted by Gasteiger charge is -2.06. The molecular weight excluding hydrogens is 336 g/mol. The van der Waals surface area contributed by atoms with Gasteiger partial charge in [0.2, 0.25) is 0 Å². The SMILES string of the molecule is COCc1ccc(C(=O)NCc2ccc(NC(=O)c3ccco3)cc2)o1. The molecule has 1 aromatic carbocycles. The first-order chi connectivity index (χ1) is 12.7. The van der Waals surface area contributed by atoms with Gasteiger partial charge < -0.3 is 24.2 Å². The Hall–Kier alpha value is -3.32. The zero-order valence-electron chi connectivity index (χ0n) is 14.2. The summed E-state index contributed by atoms with van der Waals surface area (Å²) in [6.07, 6.45) is 1.44. The summed E-state index contributed by atoms with van der Waals surface area (Å²) in [5, 5.41) is 5.51. The van der Waals surface area contributed by atoms with E-state index in [2.05, 4.69) is 10.6 Å². The Kier molecular flexibility index (Phi) is 5.50. The summed E-state index contributed by atoms with van der Waals surface area (Å²) >= 11 is 0. The van der Waals surface area contributed by atoms with Gasteiger partial charge in [-0.15, -0.1) is 0 Å². The van der Waals surface area contributed by atoms with E-state index < -0.39 is 0 Å². The summed E-state index contributed by atoms with van der Waals surface area (Å²) in [6, 6.07) is 13.7. The van der Waals surface area contributed by atoms with Crippen molar-refractivity contribution in [3.63, 3.8) is 0 Å². The quantitative estimate of drug-likeness (QED) is 0.679. The first-order valence-corrected chi connectivity index (χ1v) is 7.95. The van der Waals surface area contributed by atoms with Gasteiger partial charge in [-0.05, 0) is 42.0 Å². The van der Waals surface area contributed by atoms with Crippen molar-refractivity contribution in [2.75, 3.05) is 12.4 Å². The molecule has 26 heavy (non-hydrogen) atoms. The highest BCUT2D eigenvalue weighted by atomic mass is 16.5. The highest BCUT2D eigenvalue weighted by Crippen LogP contribution is 2.13. The number of rotatable bonds is 7. The summed E-state index contributed by atoms with van der Waals surface area (Å²) in [5.74, 6) is 0.449. The minimum Gasteiger partial charge on any atom is -0.459 e. The Bertz CT molecular complexity index is 866. The minimum absolute atomic E-state index is 0.236. The third kappa shape index (κ3) is 4.40. The van der Waals surface area contributed by atoms with E-state index >= 15 is 0 Å². The molecule has 0 saturated carbocycles. The average Bonchev–Trinajstić information content (AvgIpc) is 3.33. The molecule has 2 amide bonds. The molecule has 134 valence electrons. The van der Waals surface area contributed by atoms with E-state index in [1.165, 1.54) is 6.26 Å². The predicted molar refractivity (Wildman–Crippen MR) is 93.7 cm³/mol. The summed E-state index contributed by atoms with van der Waals surface area (Å²) in [5.41, 5.74) is 1.52. The molecule has 2 aromatic heterocycles. The number of furan rings is 2. The van der Waals surface area contributed by atoms with Crippen LogP contribution in [-0.4, -0.2) is 18.9 Å². The molecule has 0 aliphatic heterocycles. The monoisotopic (exact) mass is 354 g/mol. The van der Waals surface area contributed by atoms with E-state index in [1.807, 2.05) is 12.1 Å². The molecule has 0 spiro atoms. The van der Waals surface area contributed by atoms with Crippen molar-refractivity contribution in [3.05, 3.63) is 77.6 Å². The molecule has 0 aliphatic rings. The third-order valence-corrected chi connectivity index (χ3v) is 3.58. The standard InChI is InChI=1S/C19H18N2O5/c1-24-12-15-8-9-17(26-15)18(22)20-11-13-4-6-14(7-5-13)21-19(23)16-3-2-10-25-16/h2-10H,11-12H2,1H3,(H,20,22)(H,21,23). The van der Waals surface area contributed by atoms with Gasteiger partial charge in [0.05, 0.1) is 6.26 Å². The van der Waals surface area contributed by atoms with Gasteiger partial charge in [-0.1, -0.05) is 12.1 Å². The number of nitrogens with one attached hydrogen (secondary N) is 2. The third-order valence-electron chi connectivity index (χ3n) is 3.58. The van der Waals surface area contributed by atoms with E-state index in [0.717, 1.165) is 5.56 Å². The van der Waals surface area contributed by atoms with Crippen molar-refractivity contribution >= 4 is 17.5 Å². The fourth-order valence-electron chi connectivity index (χ4n) is 2.30. The number of ether oxygens (including phenoxy) is 1. The lowest BCUT2D eigenvalue weighted by atomic mass is 10.2. The van der Waals surface area contributed by atoms with Crippen LogP contribution in [0.4, 0.5) is 5.69 Å². The highest BCUT2D eigenvalue weighted by molar-refractivity contribution is 6.02. The number of carbonyl (C=O) groups is 2. The molecule has 0 saturated heterocycles. The van der Waals surface area contributed by atoms with Gasteiger partial charge in [-0.25, -0.2) is 0 Å². The number of amides is 2. The van der Waals surface area contributed by atoms with Crippen LogP contribution in [0.15, 0.2) is 63.6 Å². The summed E-state index contributed by atoms with van der Waals surface area (Å²) < 4.78 is 15.4. The summed E-state index contributed by atoms with van der Waals surface area (Å²) in [4.78, 5) is 24.0. The van der Waals surface area contributed by atoms with Crippen molar-refractivity contribution in [2.45, 2.75) is 13.2 Å². The van der Waals surface area contributed by atoms with Gasteiger partial charge in [-0.3, -0.25) is 9.59 Å². The van der Waals surface area contributed by atoms with Crippen LogP contribution in [0.1, 0.15) is 32.4 Å². The number of anilines is 1. The summed E-state index contributed by atoms with van der Waals surface area (Å²) in [7, 11) is 1.56. The van der Waals surface area contributed by atoms with Crippen LogP contribution in [0.25, 0.3) is 0 Å². The van der Waals surface area contributed by atoms with Gasteiger partial charge >= 0.3 is 0 Å². The molecule has 7 heteroatoms. The Morgan fingerprint density at radius 2 is 1.81 bits per heavy atom. The fourth-order valence-corrected chi connectivity index (χ4v) is 2.30. The second kappa shape index (κ2) is 8.17. The van der Waals surface area contributed by atoms with Crippen LogP contribution in [0, 0.1) is 0 Å². The predicted octanol–water partition coefficient (Wildman–Crippen LogP) is 3.20. The molecule has 0 fully saturated rings. The van der Waals surface area contributed by atoms with E-state index in [4.69, 9.17) is 13.6 Å². The first-order valence-electron chi connectivity index (χ1n) is 7.95. The lowest BCUT2D eigenvalue weighted by molar-refractivity contribution is 0.0914. The second-order valence-corrected chi connectivity index (χ2v) is 5.51. The Morgan fingerprint density at radius 3 is 2.50 bits per heavy atom. The molecule has 0 bridgehead atoms. The zero-order chi connectivity index (χ0) is 18.4. The fraction of sp³-hybridized carbons (Fsp3) is 0.158. The van der Waals surface area contributed by atoms with Gasteiger partial charge in [0.1, 0.15) is 12.4 Å². The number of hydrogen-bond donors (Lipinski definition) is 2. The second-order valence-electron chi connectivity index (χ2n) is 5.51. The minimum atomic E-state index is -0.319. The number of methoxy groups -OCH3 is 1. The highest BCUT2D eigenvalue weighted by Gasteiger charge is 2.11. The zero-order valence-corrected chi connectivity index (χ0v) is 14.2. The average molecular weight is 354 g/mol. The summed E-state index contributed by atoms with van der Waals surface area (Å²) in [6.45, 7) is 0.657. The molecule has 0 radical (unpaired) electrons. The molecule has 0 unspecified atom stereocenters. The topological polar surface area (TPSA) is 93.7 Å². The van der Waals surface area contributed by atoms with Crippen molar-refractivity contribution < 1.29 is 23.2 Å². The van der Waals surface area contributed by atoms with Gasteiger partial charge in [0.25, 0.3) is 11.8 Å². The van der Waals surface area contributed by atoms with Crippen molar-refractivity contribution in [1.29, 1.82) is 0 Å². The number of benzene rings is 1. The maximum absolute atomic E-state index is 12.1. The number of carbonyl (C=O) groups excluding carboxylic acids is 2. The van der Waals surface area contributed by atoms with E-state index in [1.54, 1.807) is 43.5 Å². The molecule has 2 N–H and O–H groups in total. The van der Waals surface area contributed by atoms with E-state index in [0.29, 0.717) is 24.6 Å². The normalized spacial score (nSPS) is 10.5. The molecular formula is C19H18N2O5. The largest absolute Gasteiger partial charge is 0.459 e. The van der Waals surface area contributed by atoms with Crippen LogP contribution < -0.4 is 10.6 Å². The maximum Gasteiger partial charge on any atom is 0.291 e. The Labute approximate surface area is 149 Å². The van der Waals surface area contributed by atoms with Gasteiger partial charge in [0.15, 0.2) is 11.5 Å². The molecule has 2 heterocycles. The number of hydrogen-bond acceptors (Lipinski definition) is 5. The van der Waals surface area contributed by atoms with Crippen LogP contribution in [0.2, 0.25) is 0 Å². The van der Waals surface area contributed by atoms with Crippen molar-refractivity contribution in [1.82, 2.24) is 5.32 Å². The van der Waals surface area contributed by atoms with Crippen LogP contribution in [0.5, 0.6) is 0 Å². The smallest absolute Gasteiger partial charge is 0.291 e. The lowest BCUT2D eigenvalue weighted by Crippen LogP contribution is -2.22. The molecule has 3 rings (SSSR count). The van der Waals surface area contributed by atoms with Crippen LogP contribution in [0.3, 0.4) is 0 Å². The van der Waals surface area contributed by atoms with E-state index in [-0.39, 0.29) is 23.3 Å². The molecule has 3 aromatic rings. The first kappa shape index (κ1) is 17.5. The van der Waals surface area contributed by atoms with Gasteiger partial charge in [0, 0.05) is 19.3 Å². The Balaban J connectivity index is 1.52. The van der Waals surface area contributed by atoms with E-state index in [9.17, 15) is 9.59 Å². The Morgan fingerprint density at radius 1 is 1.00 bits per heavy atom. The maximum atomic E-state index is 12.1. The molecule has 0 atom stereocenters. The van der Waals surface area contributed by atoms with Crippen molar-refractivity contribution in [2.24, 2.45) is 0 Å². The molecule has 0 aliphatic carbocycles. The van der Waals surface area contributed by atoms with Crippen LogP contribution >= 0.6 is 0 Å². The van der Waals surface area contributed by atoms with Crippen molar-refractivity contribution in [3.8, 4) is 0 Å². The molecule has 7 nitrogen and oxygen atoms in total. The van der Waals surface area contributed by atoms with Crippen LogP contribution in [-0.2, 0) is 17.9 Å². The van der Waals surface area contributed by atoms with Gasteiger partial charge in [-0.2, -0.15) is 0 Å².